The largest absolute Gasteiger partial charge is 0.347 e. The van der Waals surface area contributed by atoms with Crippen molar-refractivity contribution in [3.8, 4) is 11.1 Å². The Kier molecular flexibility index (Phi) is 3.94. The maximum Gasteiger partial charge on any atom is 0.0922 e. The number of benzene rings is 1. The first-order valence-electron chi connectivity index (χ1n) is 8.18. The fourth-order valence-corrected chi connectivity index (χ4v) is 3.50. The molecule has 0 spiro atoms. The number of aromatic nitrogens is 4. The second-order valence-electron chi connectivity index (χ2n) is 6.21. The molecule has 1 aromatic carbocycles. The van der Waals surface area contributed by atoms with Crippen LogP contribution in [-0.4, -0.2) is 38.2 Å². The zero-order valence-corrected chi connectivity index (χ0v) is 13.1. The molecule has 0 amide bonds. The first kappa shape index (κ1) is 14.2. The maximum absolute atomic E-state index is 4.31. The molecule has 5 nitrogen and oxygen atoms in total. The van der Waals surface area contributed by atoms with Crippen molar-refractivity contribution >= 4 is 0 Å². The lowest BCUT2D eigenvalue weighted by Gasteiger charge is -2.32. The second kappa shape index (κ2) is 6.38. The van der Waals surface area contributed by atoms with Gasteiger partial charge in [0.05, 0.1) is 12.5 Å². The van der Waals surface area contributed by atoms with E-state index in [0.29, 0.717) is 5.92 Å². The monoisotopic (exact) mass is 307 g/mol. The molecule has 1 fully saturated rings. The van der Waals surface area contributed by atoms with Crippen molar-refractivity contribution in [1.29, 1.82) is 0 Å². The Morgan fingerprint density at radius 3 is 2.91 bits per heavy atom. The maximum atomic E-state index is 4.31. The van der Waals surface area contributed by atoms with Crippen LogP contribution < -0.4 is 0 Å². The molecule has 3 heterocycles. The number of nitrogens with zero attached hydrogens (tertiary/aromatic N) is 3. The minimum atomic E-state index is 0.504. The molecule has 1 aliphatic rings. The number of rotatable bonds is 4. The van der Waals surface area contributed by atoms with Gasteiger partial charge in [-0.1, -0.05) is 30.3 Å². The van der Waals surface area contributed by atoms with Gasteiger partial charge in [0.15, 0.2) is 0 Å². The molecule has 23 heavy (non-hydrogen) atoms. The molecular formula is C18H21N5. The lowest BCUT2D eigenvalue weighted by molar-refractivity contribution is 0.197. The topological polar surface area (TPSA) is 60.6 Å². The highest BCUT2D eigenvalue weighted by molar-refractivity contribution is 5.65. The van der Waals surface area contributed by atoms with Gasteiger partial charge in [-0.3, -0.25) is 10.00 Å². The highest BCUT2D eigenvalue weighted by atomic mass is 15.2. The minimum Gasteiger partial charge on any atom is -0.347 e. The van der Waals surface area contributed by atoms with E-state index in [2.05, 4.69) is 55.4 Å². The van der Waals surface area contributed by atoms with Crippen molar-refractivity contribution in [3.05, 3.63) is 60.4 Å². The van der Waals surface area contributed by atoms with Gasteiger partial charge in [0, 0.05) is 42.2 Å². The van der Waals surface area contributed by atoms with Crippen LogP contribution in [0.5, 0.6) is 0 Å². The van der Waals surface area contributed by atoms with Gasteiger partial charge in [-0.25, -0.2) is 4.98 Å². The van der Waals surface area contributed by atoms with Gasteiger partial charge in [-0.15, -0.1) is 0 Å². The summed E-state index contributed by atoms with van der Waals surface area (Å²) in [5.74, 6) is 0.504. The number of imidazole rings is 1. The fraction of sp³-hybridized carbons (Fsp3) is 0.333. The van der Waals surface area contributed by atoms with Crippen LogP contribution in [0.4, 0.5) is 0 Å². The van der Waals surface area contributed by atoms with Crippen molar-refractivity contribution in [2.45, 2.75) is 25.3 Å². The van der Waals surface area contributed by atoms with E-state index in [1.807, 2.05) is 12.4 Å². The molecule has 0 unspecified atom stereocenters. The van der Waals surface area contributed by atoms with E-state index in [1.54, 1.807) is 6.33 Å². The summed E-state index contributed by atoms with van der Waals surface area (Å²) in [5, 5.41) is 7.57. The van der Waals surface area contributed by atoms with Gasteiger partial charge < -0.3 is 4.98 Å². The quantitative estimate of drug-likeness (QED) is 0.778. The molecule has 5 heteroatoms. The van der Waals surface area contributed by atoms with Crippen LogP contribution in [0.25, 0.3) is 11.1 Å². The van der Waals surface area contributed by atoms with E-state index in [-0.39, 0.29) is 0 Å². The van der Waals surface area contributed by atoms with Crippen LogP contribution in [0.3, 0.4) is 0 Å². The van der Waals surface area contributed by atoms with Crippen LogP contribution in [0, 0.1) is 0 Å². The van der Waals surface area contributed by atoms with Crippen molar-refractivity contribution < 1.29 is 0 Å². The molecule has 4 rings (SSSR count). The summed E-state index contributed by atoms with van der Waals surface area (Å²) in [7, 11) is 0. The Morgan fingerprint density at radius 2 is 2.09 bits per heavy atom. The van der Waals surface area contributed by atoms with E-state index < -0.39 is 0 Å². The van der Waals surface area contributed by atoms with E-state index in [9.17, 15) is 0 Å². The van der Waals surface area contributed by atoms with Crippen molar-refractivity contribution in [1.82, 2.24) is 25.1 Å². The molecule has 0 radical (unpaired) electrons. The lowest BCUT2D eigenvalue weighted by Crippen LogP contribution is -2.34. The molecule has 0 bridgehead atoms. The zero-order chi connectivity index (χ0) is 15.5. The predicted octanol–water partition coefficient (Wildman–Crippen LogP) is 3.18. The average Bonchev–Trinajstić information content (AvgIpc) is 3.27. The highest BCUT2D eigenvalue weighted by Crippen LogP contribution is 2.33. The summed E-state index contributed by atoms with van der Waals surface area (Å²) in [5.41, 5.74) is 4.92. The predicted molar refractivity (Wildman–Crippen MR) is 89.9 cm³/mol. The van der Waals surface area contributed by atoms with Gasteiger partial charge in [-0.2, -0.15) is 5.10 Å². The van der Waals surface area contributed by atoms with Crippen molar-refractivity contribution in [2.24, 2.45) is 0 Å². The molecule has 0 saturated carbocycles. The fourth-order valence-electron chi connectivity index (χ4n) is 3.50. The van der Waals surface area contributed by atoms with E-state index in [1.165, 1.54) is 35.4 Å². The van der Waals surface area contributed by atoms with Crippen LogP contribution in [0.2, 0.25) is 0 Å². The Balaban J connectivity index is 1.53. The Hall–Kier alpha value is -2.40. The smallest absolute Gasteiger partial charge is 0.0922 e. The van der Waals surface area contributed by atoms with Crippen molar-refractivity contribution in [2.75, 3.05) is 13.1 Å². The molecule has 2 N–H and O–H groups in total. The summed E-state index contributed by atoms with van der Waals surface area (Å²) in [6, 6.07) is 10.5. The zero-order valence-electron chi connectivity index (χ0n) is 13.1. The number of hydrogen-bond acceptors (Lipinski definition) is 3. The molecule has 1 saturated heterocycles. The molecule has 1 aliphatic heterocycles. The number of nitrogens with one attached hydrogen (secondary N) is 2. The molecular weight excluding hydrogens is 286 g/mol. The first-order chi connectivity index (χ1) is 11.4. The molecule has 2 aromatic heterocycles. The van der Waals surface area contributed by atoms with Crippen molar-refractivity contribution in [3.63, 3.8) is 0 Å². The first-order valence-corrected chi connectivity index (χ1v) is 8.18. The summed E-state index contributed by atoms with van der Waals surface area (Å²) < 4.78 is 0. The highest BCUT2D eigenvalue weighted by Gasteiger charge is 2.25. The van der Waals surface area contributed by atoms with Crippen LogP contribution in [0.15, 0.2) is 49.1 Å². The molecule has 0 aliphatic carbocycles. The third-order valence-electron chi connectivity index (χ3n) is 4.62. The summed E-state index contributed by atoms with van der Waals surface area (Å²) in [6.45, 7) is 3.14. The second-order valence-corrected chi connectivity index (χ2v) is 6.21. The molecule has 1 atom stereocenters. The minimum absolute atomic E-state index is 0.504. The Bertz CT molecular complexity index is 732. The Morgan fingerprint density at radius 1 is 1.17 bits per heavy atom. The van der Waals surface area contributed by atoms with Crippen LogP contribution in [-0.2, 0) is 6.54 Å². The van der Waals surface area contributed by atoms with E-state index in [0.717, 1.165) is 19.6 Å². The standard InChI is InChI=1S/C18H21N5/c1-2-5-14(6-3-1)17-10-21-22-18(17)15-7-4-8-23(11-15)12-16-9-19-13-20-16/h1-3,5-6,9-10,13,15H,4,7-8,11-12H2,(H,19,20)(H,21,22)/t15-/m1/s1. The van der Waals surface area contributed by atoms with Gasteiger partial charge in [0.1, 0.15) is 0 Å². The SMILES string of the molecule is c1ccc(-c2cn[nH]c2[C@@H]2CCCN(Cc3cnc[nH]3)C2)cc1. The van der Waals surface area contributed by atoms with Gasteiger partial charge >= 0.3 is 0 Å². The molecule has 3 aromatic rings. The number of H-pyrrole nitrogens is 2. The van der Waals surface area contributed by atoms with E-state index >= 15 is 0 Å². The third-order valence-corrected chi connectivity index (χ3v) is 4.62. The van der Waals surface area contributed by atoms with Gasteiger partial charge in [0.25, 0.3) is 0 Å². The number of hydrogen-bond donors (Lipinski definition) is 2. The summed E-state index contributed by atoms with van der Waals surface area (Å²) in [6.07, 6.45) is 8.04. The normalized spacial score (nSPS) is 19.0. The van der Waals surface area contributed by atoms with Gasteiger partial charge in [0.2, 0.25) is 0 Å². The summed E-state index contributed by atoms with van der Waals surface area (Å²) >= 11 is 0. The number of likely N-dealkylation sites (tertiary alicyclic amines) is 1. The average molecular weight is 307 g/mol. The third kappa shape index (κ3) is 3.05. The van der Waals surface area contributed by atoms with E-state index in [4.69, 9.17) is 0 Å². The number of piperidine rings is 1. The Labute approximate surface area is 135 Å². The lowest BCUT2D eigenvalue weighted by atomic mass is 9.90. The summed E-state index contributed by atoms with van der Waals surface area (Å²) in [4.78, 5) is 9.81. The van der Waals surface area contributed by atoms with Gasteiger partial charge in [-0.05, 0) is 24.9 Å². The number of aromatic amines is 2. The molecule has 118 valence electrons. The van der Waals surface area contributed by atoms with Crippen LogP contribution in [0.1, 0.15) is 30.1 Å². The van der Waals surface area contributed by atoms with Crippen LogP contribution >= 0.6 is 0 Å².